The van der Waals surface area contributed by atoms with Crippen molar-refractivity contribution in [1.29, 1.82) is 0 Å². The maximum Gasteiger partial charge on any atom is 0.322 e. The largest absolute Gasteiger partial charge is 0.506 e. The molecule has 0 aliphatic heterocycles. The molecule has 1 heterocycles. The Morgan fingerprint density at radius 1 is 1.29 bits per heavy atom. The molecule has 0 spiro atoms. The number of carboxylic acids is 1. The summed E-state index contributed by atoms with van der Waals surface area (Å²) in [6.07, 6.45) is 0.575. The first-order chi connectivity index (χ1) is 11.5. The van der Waals surface area contributed by atoms with Crippen LogP contribution in [-0.2, 0) is 4.79 Å². The predicted octanol–water partition coefficient (Wildman–Crippen LogP) is 0.270. The quantitative estimate of drug-likeness (QED) is 0.420. The molecule has 0 saturated carbocycles. The fourth-order valence-electron chi connectivity index (χ4n) is 2.10. The zero-order valence-corrected chi connectivity index (χ0v) is 13.5. The highest BCUT2D eigenvalue weighted by Gasteiger charge is 2.23. The number of nitrogens with zero attached hydrogens (tertiary/aromatic N) is 1. The molecule has 0 aliphatic carbocycles. The minimum absolute atomic E-state index is 0.189. The Hall–Kier alpha value is -2.68. The van der Waals surface area contributed by atoms with Crippen LogP contribution in [0.1, 0.15) is 16.8 Å². The first-order valence-corrected chi connectivity index (χ1v) is 7.71. The molecule has 24 heavy (non-hydrogen) atoms. The van der Waals surface area contributed by atoms with Crippen molar-refractivity contribution in [3.63, 3.8) is 0 Å². The van der Waals surface area contributed by atoms with E-state index in [0.29, 0.717) is 17.7 Å². The van der Waals surface area contributed by atoms with E-state index in [0.717, 1.165) is 4.73 Å². The van der Waals surface area contributed by atoms with Gasteiger partial charge in [-0.25, -0.2) is 0 Å². The lowest BCUT2D eigenvalue weighted by Crippen LogP contribution is -2.37. The molecule has 8 nitrogen and oxygen atoms in total. The molecule has 0 radical (unpaired) electrons. The molecule has 1 amide bonds. The van der Waals surface area contributed by atoms with Crippen LogP contribution in [0.3, 0.4) is 0 Å². The number of carbonyl (C=O) groups excluding carboxylic acids is 1. The zero-order chi connectivity index (χ0) is 17.7. The number of aromatic nitrogens is 1. The Labute approximate surface area is 142 Å². The molecule has 0 bridgehead atoms. The molecule has 2 rings (SSSR count). The van der Waals surface area contributed by atoms with Crippen LogP contribution in [0.5, 0.6) is 5.75 Å². The van der Waals surface area contributed by atoms with E-state index in [2.05, 4.69) is 17.9 Å². The lowest BCUT2D eigenvalue weighted by atomic mass is 10.1. The van der Waals surface area contributed by atoms with Gasteiger partial charge in [0.1, 0.15) is 18.9 Å². The normalized spacial score (nSPS) is 10.5. The Morgan fingerprint density at radius 3 is 2.67 bits per heavy atom. The molecule has 0 aliphatic rings. The summed E-state index contributed by atoms with van der Waals surface area (Å²) in [4.78, 5) is 40.6. The summed E-state index contributed by atoms with van der Waals surface area (Å²) in [7, 11) is 0. The van der Waals surface area contributed by atoms with Gasteiger partial charge in [-0.15, -0.1) is 4.73 Å². The third-order valence-electron chi connectivity index (χ3n) is 3.16. The summed E-state index contributed by atoms with van der Waals surface area (Å²) in [5.74, 6) is -2.23. The fraction of sp³-hybridized carbons (Fsp3) is 0.267. The number of para-hydroxylation sites is 1. The standard InChI is InChI=1S/C15H16N2O6S/c18-11(19)8-16-14(21)12-13(20)9-4-1-2-5-10(9)17(15(12)22)23-6-3-7-24/h1-2,4-5,20,24H,3,6-8H2,(H,16,21)(H,18,19). The van der Waals surface area contributed by atoms with Crippen LogP contribution in [-0.4, -0.2) is 45.7 Å². The third kappa shape index (κ3) is 3.62. The van der Waals surface area contributed by atoms with Crippen LogP contribution in [0.4, 0.5) is 0 Å². The Balaban J connectivity index is 2.56. The van der Waals surface area contributed by atoms with Gasteiger partial charge >= 0.3 is 5.97 Å². The number of carboxylic acid groups (broad SMARTS) is 1. The van der Waals surface area contributed by atoms with E-state index >= 15 is 0 Å². The lowest BCUT2D eigenvalue weighted by molar-refractivity contribution is -0.135. The van der Waals surface area contributed by atoms with Gasteiger partial charge in [-0.05, 0) is 24.3 Å². The fourth-order valence-corrected chi connectivity index (χ4v) is 2.22. The number of thiol groups is 1. The van der Waals surface area contributed by atoms with E-state index < -0.39 is 35.3 Å². The molecule has 3 N–H and O–H groups in total. The molecule has 1 aromatic heterocycles. The van der Waals surface area contributed by atoms with Crippen molar-refractivity contribution >= 4 is 35.4 Å². The molecule has 128 valence electrons. The summed E-state index contributed by atoms with van der Waals surface area (Å²) in [5.41, 5.74) is -1.14. The van der Waals surface area contributed by atoms with E-state index in [-0.39, 0.29) is 12.0 Å². The van der Waals surface area contributed by atoms with Gasteiger partial charge in [-0.1, -0.05) is 12.1 Å². The molecule has 0 fully saturated rings. The Bertz CT molecular complexity index is 833. The first kappa shape index (κ1) is 17.7. The van der Waals surface area contributed by atoms with Gasteiger partial charge in [-0.3, -0.25) is 14.4 Å². The number of benzene rings is 1. The Morgan fingerprint density at radius 2 is 2.00 bits per heavy atom. The average molecular weight is 352 g/mol. The number of hydrogen-bond acceptors (Lipinski definition) is 6. The van der Waals surface area contributed by atoms with Crippen LogP contribution in [0.2, 0.25) is 0 Å². The van der Waals surface area contributed by atoms with Gasteiger partial charge in [0.25, 0.3) is 11.5 Å². The van der Waals surface area contributed by atoms with Crippen LogP contribution in [0, 0.1) is 0 Å². The van der Waals surface area contributed by atoms with E-state index in [1.165, 1.54) is 6.07 Å². The zero-order valence-electron chi connectivity index (χ0n) is 12.6. The third-order valence-corrected chi connectivity index (χ3v) is 3.48. The van der Waals surface area contributed by atoms with E-state index in [9.17, 15) is 19.5 Å². The van der Waals surface area contributed by atoms with Crippen LogP contribution < -0.4 is 15.7 Å². The number of rotatable bonds is 7. The van der Waals surface area contributed by atoms with Crippen LogP contribution >= 0.6 is 12.6 Å². The van der Waals surface area contributed by atoms with Crippen molar-refractivity contribution in [2.24, 2.45) is 0 Å². The highest BCUT2D eigenvalue weighted by molar-refractivity contribution is 7.80. The van der Waals surface area contributed by atoms with Gasteiger partial charge in [0, 0.05) is 5.39 Å². The number of fused-ring (bicyclic) bond motifs is 1. The van der Waals surface area contributed by atoms with Gasteiger partial charge < -0.3 is 20.4 Å². The second-order valence-electron chi connectivity index (χ2n) is 4.83. The highest BCUT2D eigenvalue weighted by Crippen LogP contribution is 2.25. The van der Waals surface area contributed by atoms with Crippen molar-refractivity contribution in [3.8, 4) is 5.75 Å². The second-order valence-corrected chi connectivity index (χ2v) is 5.27. The maximum atomic E-state index is 12.5. The topological polar surface area (TPSA) is 118 Å². The molecule has 9 heteroatoms. The van der Waals surface area contributed by atoms with E-state index in [4.69, 9.17) is 9.94 Å². The van der Waals surface area contributed by atoms with Crippen molar-refractivity contribution in [2.45, 2.75) is 6.42 Å². The maximum absolute atomic E-state index is 12.5. The number of aliphatic carboxylic acids is 1. The minimum Gasteiger partial charge on any atom is -0.506 e. The number of carbonyl (C=O) groups is 2. The highest BCUT2D eigenvalue weighted by atomic mass is 32.1. The van der Waals surface area contributed by atoms with Gasteiger partial charge in [0.15, 0.2) is 5.56 Å². The smallest absolute Gasteiger partial charge is 0.322 e. The van der Waals surface area contributed by atoms with E-state index in [1.54, 1.807) is 18.2 Å². The van der Waals surface area contributed by atoms with Gasteiger partial charge in [0.2, 0.25) is 0 Å². The number of amides is 1. The predicted molar refractivity (Wildman–Crippen MR) is 89.8 cm³/mol. The molecular formula is C15H16N2O6S. The molecule has 1 aromatic carbocycles. The lowest BCUT2D eigenvalue weighted by Gasteiger charge is -2.15. The van der Waals surface area contributed by atoms with Crippen LogP contribution in [0.15, 0.2) is 29.1 Å². The minimum atomic E-state index is -1.27. The molecule has 2 aromatic rings. The summed E-state index contributed by atoms with van der Waals surface area (Å²) < 4.78 is 0.925. The summed E-state index contributed by atoms with van der Waals surface area (Å²) in [6, 6.07) is 6.38. The Kier molecular flexibility index (Phi) is 5.69. The average Bonchev–Trinajstić information content (AvgIpc) is 2.56. The SMILES string of the molecule is O=C(O)CNC(=O)c1c(O)c2ccccc2n(OCCCS)c1=O. The molecule has 0 unspecified atom stereocenters. The van der Waals surface area contributed by atoms with Crippen molar-refractivity contribution in [1.82, 2.24) is 10.0 Å². The number of nitrogens with one attached hydrogen (secondary N) is 1. The second kappa shape index (κ2) is 7.73. The molecular weight excluding hydrogens is 336 g/mol. The summed E-state index contributed by atoms with van der Waals surface area (Å²) in [5, 5.41) is 21.2. The van der Waals surface area contributed by atoms with E-state index in [1.807, 2.05) is 0 Å². The van der Waals surface area contributed by atoms with Crippen molar-refractivity contribution in [2.75, 3.05) is 18.9 Å². The number of hydrogen-bond donors (Lipinski definition) is 4. The number of aromatic hydroxyl groups is 1. The van der Waals surface area contributed by atoms with Crippen molar-refractivity contribution < 1.29 is 24.6 Å². The first-order valence-electron chi connectivity index (χ1n) is 7.08. The monoisotopic (exact) mass is 352 g/mol. The summed E-state index contributed by atoms with van der Waals surface area (Å²) >= 11 is 4.06. The van der Waals surface area contributed by atoms with Gasteiger partial charge in [0.05, 0.1) is 5.52 Å². The van der Waals surface area contributed by atoms with Gasteiger partial charge in [-0.2, -0.15) is 12.6 Å². The summed E-state index contributed by atoms with van der Waals surface area (Å²) in [6.45, 7) is -0.487. The van der Waals surface area contributed by atoms with Crippen LogP contribution in [0.25, 0.3) is 10.9 Å². The number of pyridine rings is 1. The molecule has 0 saturated heterocycles. The molecule has 0 atom stereocenters. The van der Waals surface area contributed by atoms with Crippen molar-refractivity contribution in [3.05, 3.63) is 40.2 Å².